The van der Waals surface area contributed by atoms with Crippen LogP contribution in [0, 0.1) is 30.3 Å². The fourth-order valence-corrected chi connectivity index (χ4v) is 5.63. The van der Waals surface area contributed by atoms with Crippen LogP contribution in [0.5, 0.6) is 5.75 Å². The molecular formula is C21H20F3N3O2S. The zero-order valence-electron chi connectivity index (χ0n) is 16.4. The number of amides is 1. The highest BCUT2D eigenvalue weighted by atomic mass is 32.2. The van der Waals surface area contributed by atoms with Gasteiger partial charge in [0, 0.05) is 30.0 Å². The molecule has 2 aliphatic rings. The van der Waals surface area contributed by atoms with Crippen molar-refractivity contribution in [3.8, 4) is 5.75 Å². The Morgan fingerprint density at radius 1 is 1.30 bits per heavy atom. The summed E-state index contributed by atoms with van der Waals surface area (Å²) in [6, 6.07) is 6.20. The molecule has 0 aromatic heterocycles. The largest absolute Gasteiger partial charge is 0.490 e. The second kappa shape index (κ2) is 7.63. The van der Waals surface area contributed by atoms with Gasteiger partial charge in [0.2, 0.25) is 5.91 Å². The van der Waals surface area contributed by atoms with E-state index in [0.29, 0.717) is 17.0 Å². The Kier molecular flexibility index (Phi) is 5.27. The number of nitrogens with zero attached hydrogens (tertiary/aromatic N) is 2. The van der Waals surface area contributed by atoms with Crippen LogP contribution in [-0.2, 0) is 9.67 Å². The first-order valence-electron chi connectivity index (χ1n) is 9.45. The first-order chi connectivity index (χ1) is 14.3. The molecule has 4 rings (SSSR count). The van der Waals surface area contributed by atoms with Gasteiger partial charge in [-0.1, -0.05) is 17.8 Å². The number of benzene rings is 2. The number of thioether (sulfide) groups is 1. The molecule has 0 bridgehead atoms. The summed E-state index contributed by atoms with van der Waals surface area (Å²) in [4.78, 5) is 11.4. The van der Waals surface area contributed by atoms with E-state index in [1.165, 1.54) is 41.9 Å². The van der Waals surface area contributed by atoms with E-state index in [4.69, 9.17) is 10.5 Å². The highest BCUT2D eigenvalue weighted by molar-refractivity contribution is 8.15. The van der Waals surface area contributed by atoms with Gasteiger partial charge >= 0.3 is 0 Å². The van der Waals surface area contributed by atoms with Gasteiger partial charge in [-0.05, 0) is 43.7 Å². The van der Waals surface area contributed by atoms with Crippen LogP contribution in [0.3, 0.4) is 0 Å². The van der Waals surface area contributed by atoms with Crippen LogP contribution in [0.4, 0.5) is 13.2 Å². The molecule has 5 nitrogen and oxygen atoms in total. The van der Waals surface area contributed by atoms with Gasteiger partial charge in [0.1, 0.15) is 16.7 Å². The molecule has 2 heterocycles. The number of rotatable bonds is 3. The van der Waals surface area contributed by atoms with E-state index < -0.39 is 28.2 Å². The van der Waals surface area contributed by atoms with E-state index in [2.05, 4.69) is 5.10 Å². The molecule has 2 N–H and O–H groups in total. The Bertz CT molecular complexity index is 1060. The Balaban J connectivity index is 1.94. The second-order valence-electron chi connectivity index (χ2n) is 7.34. The maximum absolute atomic E-state index is 14.6. The molecule has 0 fully saturated rings. The molecule has 30 heavy (non-hydrogen) atoms. The Hall–Kier alpha value is -2.52. The van der Waals surface area contributed by atoms with Gasteiger partial charge in [0.05, 0.1) is 6.61 Å². The number of nitrogens with two attached hydrogens (primary N) is 1. The summed E-state index contributed by atoms with van der Waals surface area (Å²) < 4.78 is 48.4. The van der Waals surface area contributed by atoms with Gasteiger partial charge in [-0.2, -0.15) is 5.10 Å². The fourth-order valence-electron chi connectivity index (χ4n) is 4.01. The topological polar surface area (TPSA) is 67.9 Å². The number of hydrogen-bond donors (Lipinski definition) is 1. The number of aryl methyl sites for hydroxylation is 1. The lowest BCUT2D eigenvalue weighted by atomic mass is 9.86. The maximum atomic E-state index is 14.6. The van der Waals surface area contributed by atoms with Gasteiger partial charge in [-0.3, -0.25) is 4.79 Å². The Labute approximate surface area is 176 Å². The van der Waals surface area contributed by atoms with Crippen molar-refractivity contribution in [3.63, 3.8) is 0 Å². The molecule has 0 unspecified atom stereocenters. The Morgan fingerprint density at radius 2 is 2.07 bits per heavy atom. The van der Waals surface area contributed by atoms with Crippen LogP contribution in [0.15, 0.2) is 35.4 Å². The molecule has 1 spiro atoms. The van der Waals surface area contributed by atoms with Crippen molar-refractivity contribution >= 4 is 22.7 Å². The number of hydrazone groups is 1. The molecular weight excluding hydrogens is 415 g/mol. The van der Waals surface area contributed by atoms with Crippen LogP contribution < -0.4 is 10.5 Å². The summed E-state index contributed by atoms with van der Waals surface area (Å²) in [6.45, 7) is 3.49. The van der Waals surface area contributed by atoms with E-state index in [0.717, 1.165) is 11.6 Å². The van der Waals surface area contributed by atoms with Crippen LogP contribution in [0.1, 0.15) is 30.0 Å². The van der Waals surface area contributed by atoms with Gasteiger partial charge in [0.15, 0.2) is 16.4 Å². The summed E-state index contributed by atoms with van der Waals surface area (Å²) in [5.41, 5.74) is 7.25. The molecule has 2 aliphatic heterocycles. The molecule has 1 amide bonds. The molecule has 9 heteroatoms. The normalized spacial score (nSPS) is 22.7. The lowest BCUT2D eigenvalue weighted by Gasteiger charge is -2.45. The minimum atomic E-state index is -1.25. The lowest BCUT2D eigenvalue weighted by Crippen LogP contribution is -2.51. The summed E-state index contributed by atoms with van der Waals surface area (Å²) in [5.74, 6) is -3.00. The van der Waals surface area contributed by atoms with E-state index in [9.17, 15) is 18.0 Å². The summed E-state index contributed by atoms with van der Waals surface area (Å²) in [7, 11) is 0. The zero-order valence-corrected chi connectivity index (χ0v) is 17.2. The monoisotopic (exact) mass is 435 g/mol. The average molecular weight is 435 g/mol. The summed E-state index contributed by atoms with van der Waals surface area (Å²) >= 11 is 1.17. The molecule has 0 saturated carbocycles. The van der Waals surface area contributed by atoms with Crippen molar-refractivity contribution in [2.75, 3.05) is 13.2 Å². The van der Waals surface area contributed by atoms with Gasteiger partial charge in [-0.25, -0.2) is 18.2 Å². The molecule has 0 saturated heterocycles. The maximum Gasteiger partial charge on any atom is 0.241 e. The van der Waals surface area contributed by atoms with Crippen molar-refractivity contribution in [1.82, 2.24) is 5.01 Å². The lowest BCUT2D eigenvalue weighted by molar-refractivity contribution is -0.134. The average Bonchev–Trinajstić information content (AvgIpc) is 3.08. The van der Waals surface area contributed by atoms with Crippen molar-refractivity contribution in [2.45, 2.75) is 25.1 Å². The highest BCUT2D eigenvalue weighted by Crippen LogP contribution is 2.58. The molecule has 158 valence electrons. The summed E-state index contributed by atoms with van der Waals surface area (Å²) in [5, 5.41) is 6.11. The predicted molar refractivity (Wildman–Crippen MR) is 108 cm³/mol. The third kappa shape index (κ3) is 3.16. The molecule has 0 aliphatic carbocycles. The van der Waals surface area contributed by atoms with Crippen molar-refractivity contribution < 1.29 is 22.7 Å². The molecule has 2 aromatic carbocycles. The second-order valence-corrected chi connectivity index (χ2v) is 8.56. The number of carbonyl (C=O) groups excluding carboxylic acids is 1. The number of fused-ring (bicyclic) bond motifs is 2. The van der Waals surface area contributed by atoms with Gasteiger partial charge < -0.3 is 10.5 Å². The number of hydrogen-bond acceptors (Lipinski definition) is 5. The number of halogens is 3. The first-order valence-corrected chi connectivity index (χ1v) is 10.3. The van der Waals surface area contributed by atoms with Gasteiger partial charge in [-0.15, -0.1) is 0 Å². The quantitative estimate of drug-likeness (QED) is 0.795. The van der Waals surface area contributed by atoms with Crippen LogP contribution in [0.2, 0.25) is 0 Å². The molecule has 2 atom stereocenters. The van der Waals surface area contributed by atoms with Crippen molar-refractivity contribution in [1.29, 1.82) is 0 Å². The van der Waals surface area contributed by atoms with Crippen LogP contribution >= 0.6 is 11.8 Å². The van der Waals surface area contributed by atoms with Crippen LogP contribution in [0.25, 0.3) is 0 Å². The van der Waals surface area contributed by atoms with Crippen molar-refractivity contribution in [3.05, 3.63) is 64.5 Å². The van der Waals surface area contributed by atoms with E-state index in [1.54, 1.807) is 13.0 Å². The smallest absolute Gasteiger partial charge is 0.241 e. The molecule has 2 aromatic rings. The minimum Gasteiger partial charge on any atom is -0.490 e. The first kappa shape index (κ1) is 20.7. The van der Waals surface area contributed by atoms with E-state index in [-0.39, 0.29) is 30.4 Å². The number of ether oxygens (including phenoxy) is 1. The highest BCUT2D eigenvalue weighted by Gasteiger charge is 2.57. The van der Waals surface area contributed by atoms with Crippen LogP contribution in [-0.4, -0.2) is 29.1 Å². The Morgan fingerprint density at radius 3 is 2.77 bits per heavy atom. The standard InChI is InChI=1S/C21H20F3N3O2S/c1-11-3-4-14(22)7-16(11)20-26-27(12(2)28)21(30-20)13(5-6-25)10-29-19-17(21)8-15(23)9-18(19)24/h3-4,7-9,13H,5-6,10,25H2,1-2H3/t13-,21+/m1/s1. The third-order valence-corrected chi connectivity index (χ3v) is 6.91. The van der Waals surface area contributed by atoms with Gasteiger partial charge in [0.25, 0.3) is 0 Å². The fraction of sp³-hybridized carbons (Fsp3) is 0.333. The molecule has 0 radical (unpaired) electrons. The third-order valence-electron chi connectivity index (χ3n) is 5.38. The van der Waals surface area contributed by atoms with Crippen molar-refractivity contribution in [2.24, 2.45) is 16.8 Å². The zero-order chi connectivity index (χ0) is 21.6. The minimum absolute atomic E-state index is 0.0778. The SMILES string of the molecule is CC(=O)N1N=C(c2cc(F)ccc2C)S[C@@]12c1cc(F)cc(F)c1OC[C@H]2CCN. The number of carbonyl (C=O) groups is 1. The predicted octanol–water partition coefficient (Wildman–Crippen LogP) is 3.88. The summed E-state index contributed by atoms with van der Waals surface area (Å²) in [6.07, 6.45) is 0.430. The van der Waals surface area contributed by atoms with E-state index >= 15 is 0 Å². The van der Waals surface area contributed by atoms with E-state index in [1.807, 2.05) is 0 Å².